The average molecular weight is 297 g/mol. The molecule has 6 nitrogen and oxygen atoms in total. The third kappa shape index (κ3) is 2.06. The Kier molecular flexibility index (Phi) is 3.10. The normalized spacial score (nSPS) is 17.1. The summed E-state index contributed by atoms with van der Waals surface area (Å²) in [5, 5.41) is 7.73. The number of H-pyrrole nitrogens is 1. The average Bonchev–Trinajstić information content (AvgIpc) is 2.97. The van der Waals surface area contributed by atoms with Gasteiger partial charge in [0.1, 0.15) is 0 Å². The van der Waals surface area contributed by atoms with Gasteiger partial charge in [-0.15, -0.1) is 0 Å². The van der Waals surface area contributed by atoms with Gasteiger partial charge in [0, 0.05) is 55.8 Å². The number of nitrogens with one attached hydrogen (secondary N) is 1. The Balaban J connectivity index is 1.74. The zero-order valence-electron chi connectivity index (χ0n) is 12.7. The Morgan fingerprint density at radius 3 is 3.09 bits per heavy atom. The molecule has 0 atom stereocenters. The van der Waals surface area contributed by atoms with Crippen molar-refractivity contribution in [1.82, 2.24) is 20.1 Å². The standard InChI is InChI=1S/C16H19N5O/c1-11(22)20-8-5-14-13(10-20)16(19-18-14)21-7-2-3-12-9-17-6-4-15(12)21/h4,6,9H,2-3,5,7-8,10H2,1H3,(H,18,19). The molecule has 114 valence electrons. The van der Waals surface area contributed by atoms with Crippen LogP contribution in [0.4, 0.5) is 11.5 Å². The number of pyridine rings is 1. The molecule has 0 saturated carbocycles. The smallest absolute Gasteiger partial charge is 0.219 e. The number of carbonyl (C=O) groups is 1. The molecule has 0 unspecified atom stereocenters. The highest BCUT2D eigenvalue weighted by atomic mass is 16.2. The molecule has 22 heavy (non-hydrogen) atoms. The number of amides is 1. The maximum absolute atomic E-state index is 11.7. The van der Waals surface area contributed by atoms with Crippen molar-refractivity contribution >= 4 is 17.4 Å². The van der Waals surface area contributed by atoms with Crippen LogP contribution in [0.3, 0.4) is 0 Å². The van der Waals surface area contributed by atoms with Crippen LogP contribution in [0.2, 0.25) is 0 Å². The van der Waals surface area contributed by atoms with Gasteiger partial charge >= 0.3 is 0 Å². The Morgan fingerprint density at radius 1 is 1.32 bits per heavy atom. The fraction of sp³-hybridized carbons (Fsp3) is 0.438. The molecule has 0 radical (unpaired) electrons. The van der Waals surface area contributed by atoms with Gasteiger partial charge in [0.2, 0.25) is 5.91 Å². The van der Waals surface area contributed by atoms with Crippen molar-refractivity contribution in [2.75, 3.05) is 18.0 Å². The molecular formula is C16H19N5O. The van der Waals surface area contributed by atoms with E-state index in [0.717, 1.165) is 49.4 Å². The number of fused-ring (bicyclic) bond motifs is 2. The Labute approximate surface area is 129 Å². The minimum atomic E-state index is 0.126. The summed E-state index contributed by atoms with van der Waals surface area (Å²) in [7, 11) is 0. The highest BCUT2D eigenvalue weighted by molar-refractivity contribution is 5.74. The van der Waals surface area contributed by atoms with E-state index in [0.29, 0.717) is 6.54 Å². The van der Waals surface area contributed by atoms with Crippen LogP contribution in [0.15, 0.2) is 18.5 Å². The second-order valence-corrected chi connectivity index (χ2v) is 5.95. The van der Waals surface area contributed by atoms with Crippen LogP contribution >= 0.6 is 0 Å². The lowest BCUT2D eigenvalue weighted by Gasteiger charge is -2.32. The molecule has 2 aromatic heterocycles. The molecule has 0 fully saturated rings. The van der Waals surface area contributed by atoms with E-state index in [1.54, 1.807) is 6.92 Å². The van der Waals surface area contributed by atoms with E-state index in [2.05, 4.69) is 26.1 Å². The number of carbonyl (C=O) groups excluding carboxylic acids is 1. The quantitative estimate of drug-likeness (QED) is 0.871. The van der Waals surface area contributed by atoms with Gasteiger partial charge in [0.15, 0.2) is 5.82 Å². The first-order valence-corrected chi connectivity index (χ1v) is 7.76. The summed E-state index contributed by atoms with van der Waals surface area (Å²) in [5.41, 5.74) is 4.78. The summed E-state index contributed by atoms with van der Waals surface area (Å²) >= 11 is 0. The maximum atomic E-state index is 11.7. The molecule has 4 rings (SSSR count). The Bertz CT molecular complexity index is 723. The second kappa shape index (κ2) is 5.12. The molecule has 6 heteroatoms. The Hall–Kier alpha value is -2.37. The lowest BCUT2D eigenvalue weighted by molar-refractivity contribution is -0.129. The van der Waals surface area contributed by atoms with Gasteiger partial charge in [0.25, 0.3) is 0 Å². The highest BCUT2D eigenvalue weighted by Crippen LogP contribution is 2.36. The van der Waals surface area contributed by atoms with Crippen molar-refractivity contribution in [3.8, 4) is 0 Å². The van der Waals surface area contributed by atoms with Gasteiger partial charge in [-0.3, -0.25) is 14.9 Å². The number of nitrogens with zero attached hydrogens (tertiary/aromatic N) is 4. The molecule has 0 saturated heterocycles. The predicted molar refractivity (Wildman–Crippen MR) is 82.9 cm³/mol. The first-order valence-electron chi connectivity index (χ1n) is 7.76. The monoisotopic (exact) mass is 297 g/mol. The summed E-state index contributed by atoms with van der Waals surface area (Å²) < 4.78 is 0. The van der Waals surface area contributed by atoms with E-state index in [-0.39, 0.29) is 5.91 Å². The van der Waals surface area contributed by atoms with Gasteiger partial charge in [-0.2, -0.15) is 5.10 Å². The van der Waals surface area contributed by atoms with Crippen molar-refractivity contribution in [3.05, 3.63) is 35.3 Å². The zero-order valence-corrected chi connectivity index (χ0v) is 12.7. The molecule has 2 aliphatic rings. The number of hydrogen-bond donors (Lipinski definition) is 1. The molecule has 1 amide bonds. The predicted octanol–water partition coefficient (Wildman–Crippen LogP) is 1.79. The van der Waals surface area contributed by atoms with Crippen LogP contribution in [-0.4, -0.2) is 39.1 Å². The number of hydrogen-bond acceptors (Lipinski definition) is 4. The van der Waals surface area contributed by atoms with Crippen molar-refractivity contribution in [1.29, 1.82) is 0 Å². The first kappa shape index (κ1) is 13.3. The van der Waals surface area contributed by atoms with Crippen molar-refractivity contribution in [2.45, 2.75) is 32.7 Å². The van der Waals surface area contributed by atoms with Crippen LogP contribution in [0.25, 0.3) is 0 Å². The van der Waals surface area contributed by atoms with Crippen molar-refractivity contribution in [2.24, 2.45) is 0 Å². The third-order valence-corrected chi connectivity index (χ3v) is 4.61. The number of rotatable bonds is 1. The largest absolute Gasteiger partial charge is 0.338 e. The lowest BCUT2D eigenvalue weighted by Crippen LogP contribution is -2.35. The van der Waals surface area contributed by atoms with E-state index in [9.17, 15) is 4.79 Å². The maximum Gasteiger partial charge on any atom is 0.219 e. The van der Waals surface area contributed by atoms with Crippen molar-refractivity contribution < 1.29 is 4.79 Å². The van der Waals surface area contributed by atoms with E-state index in [1.165, 1.54) is 11.3 Å². The molecule has 1 N–H and O–H groups in total. The fourth-order valence-electron chi connectivity index (χ4n) is 3.42. The summed E-state index contributed by atoms with van der Waals surface area (Å²) in [4.78, 5) is 20.1. The molecule has 0 aliphatic carbocycles. The van der Waals surface area contributed by atoms with Gasteiger partial charge in [0.05, 0.1) is 6.54 Å². The van der Waals surface area contributed by atoms with Gasteiger partial charge in [-0.1, -0.05) is 0 Å². The van der Waals surface area contributed by atoms with E-state index < -0.39 is 0 Å². The molecule has 0 spiro atoms. The fourth-order valence-corrected chi connectivity index (χ4v) is 3.42. The van der Waals surface area contributed by atoms with Crippen LogP contribution in [0.5, 0.6) is 0 Å². The van der Waals surface area contributed by atoms with Gasteiger partial charge in [-0.25, -0.2) is 0 Å². The van der Waals surface area contributed by atoms with Crippen LogP contribution in [0.1, 0.15) is 30.2 Å². The third-order valence-electron chi connectivity index (χ3n) is 4.61. The molecule has 2 aromatic rings. The van der Waals surface area contributed by atoms with Gasteiger partial charge in [-0.05, 0) is 24.5 Å². The number of anilines is 2. The summed E-state index contributed by atoms with van der Waals surface area (Å²) in [5.74, 6) is 1.09. The minimum absolute atomic E-state index is 0.126. The first-order chi connectivity index (χ1) is 10.7. The van der Waals surface area contributed by atoms with Gasteiger partial charge < -0.3 is 9.80 Å². The molecule has 2 aliphatic heterocycles. The Morgan fingerprint density at radius 2 is 2.23 bits per heavy atom. The van der Waals surface area contributed by atoms with E-state index in [4.69, 9.17) is 0 Å². The summed E-state index contributed by atoms with van der Waals surface area (Å²) in [6.45, 7) is 4.00. The van der Waals surface area contributed by atoms with Crippen LogP contribution < -0.4 is 4.90 Å². The zero-order chi connectivity index (χ0) is 15.1. The molecule has 4 heterocycles. The lowest BCUT2D eigenvalue weighted by atomic mass is 10.0. The number of aromatic nitrogens is 3. The second-order valence-electron chi connectivity index (χ2n) is 5.95. The van der Waals surface area contributed by atoms with Crippen LogP contribution in [0, 0.1) is 0 Å². The highest BCUT2D eigenvalue weighted by Gasteiger charge is 2.28. The van der Waals surface area contributed by atoms with Crippen molar-refractivity contribution in [3.63, 3.8) is 0 Å². The SMILES string of the molecule is CC(=O)N1CCc2[nH]nc(N3CCCc4cnccc43)c2C1. The molecule has 0 bridgehead atoms. The topological polar surface area (TPSA) is 65.1 Å². The number of aromatic amines is 1. The molecule has 0 aromatic carbocycles. The van der Waals surface area contributed by atoms with E-state index >= 15 is 0 Å². The minimum Gasteiger partial charge on any atom is -0.338 e. The van der Waals surface area contributed by atoms with Crippen LogP contribution in [-0.2, 0) is 24.2 Å². The summed E-state index contributed by atoms with van der Waals surface area (Å²) in [6, 6.07) is 2.06. The summed E-state index contributed by atoms with van der Waals surface area (Å²) in [6.07, 6.45) is 6.78. The number of aryl methyl sites for hydroxylation is 1. The molecular weight excluding hydrogens is 278 g/mol. The van der Waals surface area contributed by atoms with E-state index in [1.807, 2.05) is 17.3 Å².